The Morgan fingerprint density at radius 1 is 1.21 bits per heavy atom. The van der Waals surface area contributed by atoms with E-state index in [9.17, 15) is 13.2 Å². The van der Waals surface area contributed by atoms with Gasteiger partial charge in [0.15, 0.2) is 11.5 Å². The molecule has 3 aromatic rings. The molecular weight excluding hydrogens is 402 g/mol. The van der Waals surface area contributed by atoms with Crippen molar-refractivity contribution >= 4 is 33.4 Å². The largest absolute Gasteiger partial charge is 0.468 e. The summed E-state index contributed by atoms with van der Waals surface area (Å²) in [5.41, 5.74) is 0.538. The van der Waals surface area contributed by atoms with Crippen LogP contribution in [0.2, 0.25) is 0 Å². The van der Waals surface area contributed by atoms with Crippen molar-refractivity contribution < 1.29 is 17.9 Å². The molecule has 0 fully saturated rings. The summed E-state index contributed by atoms with van der Waals surface area (Å²) in [4.78, 5) is 11.8. The van der Waals surface area contributed by atoms with Gasteiger partial charge in [0.25, 0.3) is 0 Å². The van der Waals surface area contributed by atoms with Crippen LogP contribution in [0, 0.1) is 0 Å². The van der Waals surface area contributed by atoms with Crippen molar-refractivity contribution in [3.63, 3.8) is 0 Å². The molecule has 0 unspecified atom stereocenters. The van der Waals surface area contributed by atoms with Crippen LogP contribution in [-0.2, 0) is 26.0 Å². The highest BCUT2D eigenvalue weighted by atomic mass is 32.2. The summed E-state index contributed by atoms with van der Waals surface area (Å²) in [6.07, 6.45) is 0.306. The number of ether oxygens (including phenoxy) is 1. The highest BCUT2D eigenvalue weighted by Gasteiger charge is 2.17. The summed E-state index contributed by atoms with van der Waals surface area (Å²) in [6, 6.07) is 11.6. The third kappa shape index (κ3) is 4.66. The van der Waals surface area contributed by atoms with Gasteiger partial charge in [0.05, 0.1) is 12.0 Å². The maximum Gasteiger partial charge on any atom is 0.318 e. The van der Waals surface area contributed by atoms with E-state index in [1.165, 1.54) is 31.0 Å². The van der Waals surface area contributed by atoms with Crippen molar-refractivity contribution in [1.82, 2.24) is 24.5 Å². The highest BCUT2D eigenvalue weighted by molar-refractivity contribution is 8.00. The van der Waals surface area contributed by atoms with Gasteiger partial charge in [-0.1, -0.05) is 30.0 Å². The van der Waals surface area contributed by atoms with E-state index >= 15 is 0 Å². The molecule has 0 bridgehead atoms. The third-order valence-electron chi connectivity index (χ3n) is 3.83. The molecule has 0 saturated heterocycles. The second-order valence-corrected chi connectivity index (χ2v) is 8.93. The van der Waals surface area contributed by atoms with E-state index in [0.717, 1.165) is 0 Å². The number of carbonyl (C=O) groups excluding carboxylic acids is 1. The Hall–Kier alpha value is -2.50. The number of benzene rings is 1. The van der Waals surface area contributed by atoms with E-state index in [2.05, 4.69) is 20.0 Å². The number of aromatic nitrogens is 4. The molecule has 0 aliphatic heterocycles. The SMILES string of the molecule is COC(=O)[C@@H](C)Sc1ccc2nnc(CCNS(=O)(=O)c3ccccc3)n2n1. The molecular formula is C17H19N5O4S2. The van der Waals surface area contributed by atoms with Crippen molar-refractivity contribution in [3.8, 4) is 0 Å². The van der Waals surface area contributed by atoms with Gasteiger partial charge >= 0.3 is 5.97 Å². The van der Waals surface area contributed by atoms with Gasteiger partial charge in [-0.3, -0.25) is 4.79 Å². The quantitative estimate of drug-likeness (QED) is 0.427. The Labute approximate surface area is 166 Å². The Bertz CT molecular complexity index is 1070. The lowest BCUT2D eigenvalue weighted by Gasteiger charge is -2.08. The fraction of sp³-hybridized carbons (Fsp3) is 0.294. The Morgan fingerprint density at radius 2 is 1.96 bits per heavy atom. The summed E-state index contributed by atoms with van der Waals surface area (Å²) in [7, 11) is -2.25. The number of fused-ring (bicyclic) bond motifs is 1. The average molecular weight is 422 g/mol. The van der Waals surface area contributed by atoms with Crippen LogP contribution in [0.25, 0.3) is 5.65 Å². The standard InChI is InChI=1S/C17H19N5O4S2/c1-12(17(23)26-2)27-16-9-8-14-19-20-15(22(14)21-16)10-11-18-28(24,25)13-6-4-3-5-7-13/h3-9,12,18H,10-11H2,1-2H3/t12-/m1/s1. The molecule has 0 aliphatic rings. The number of sulfonamides is 1. The number of hydrogen-bond acceptors (Lipinski definition) is 8. The normalized spacial score (nSPS) is 12.8. The summed E-state index contributed by atoms with van der Waals surface area (Å²) in [5.74, 6) is 0.171. The van der Waals surface area contributed by atoms with E-state index in [0.29, 0.717) is 22.9 Å². The van der Waals surface area contributed by atoms with Crippen LogP contribution >= 0.6 is 11.8 Å². The number of carbonyl (C=O) groups is 1. The molecule has 148 valence electrons. The predicted molar refractivity (Wildman–Crippen MR) is 103 cm³/mol. The molecule has 0 spiro atoms. The molecule has 0 amide bonds. The monoisotopic (exact) mass is 421 g/mol. The lowest BCUT2D eigenvalue weighted by Crippen LogP contribution is -2.26. The van der Waals surface area contributed by atoms with E-state index in [1.54, 1.807) is 41.8 Å². The second kappa shape index (κ2) is 8.67. The van der Waals surface area contributed by atoms with Crippen molar-refractivity contribution in [2.45, 2.75) is 28.5 Å². The minimum absolute atomic E-state index is 0.148. The Balaban J connectivity index is 1.70. The lowest BCUT2D eigenvalue weighted by atomic mass is 10.4. The predicted octanol–water partition coefficient (Wildman–Crippen LogP) is 1.30. The molecule has 0 radical (unpaired) electrons. The smallest absolute Gasteiger partial charge is 0.318 e. The average Bonchev–Trinajstić information content (AvgIpc) is 3.10. The summed E-state index contributed by atoms with van der Waals surface area (Å²) in [5, 5.41) is 12.7. The molecule has 1 atom stereocenters. The van der Waals surface area contributed by atoms with Crippen molar-refractivity contribution in [2.24, 2.45) is 0 Å². The summed E-state index contributed by atoms with van der Waals surface area (Å²) in [6.45, 7) is 1.88. The first-order valence-corrected chi connectivity index (χ1v) is 10.8. The lowest BCUT2D eigenvalue weighted by molar-refractivity contribution is -0.139. The fourth-order valence-corrected chi connectivity index (χ4v) is 4.29. The first-order valence-electron chi connectivity index (χ1n) is 8.41. The molecule has 0 saturated carbocycles. The first kappa shape index (κ1) is 20.2. The van der Waals surface area contributed by atoms with Crippen LogP contribution in [0.3, 0.4) is 0 Å². The topological polar surface area (TPSA) is 116 Å². The number of methoxy groups -OCH3 is 1. The van der Waals surface area contributed by atoms with Crippen LogP contribution in [-0.4, -0.2) is 53.1 Å². The maximum atomic E-state index is 12.3. The Kier molecular flexibility index (Phi) is 6.27. The van der Waals surface area contributed by atoms with Crippen LogP contribution < -0.4 is 4.72 Å². The van der Waals surface area contributed by atoms with Gasteiger partial charge in [-0.2, -0.15) is 9.61 Å². The molecule has 0 aliphatic carbocycles. The zero-order valence-corrected chi connectivity index (χ0v) is 16.9. The van der Waals surface area contributed by atoms with E-state index < -0.39 is 15.3 Å². The van der Waals surface area contributed by atoms with E-state index in [4.69, 9.17) is 4.74 Å². The van der Waals surface area contributed by atoms with Crippen LogP contribution in [0.1, 0.15) is 12.7 Å². The van der Waals surface area contributed by atoms with E-state index in [1.807, 2.05) is 0 Å². The number of hydrogen-bond donors (Lipinski definition) is 1. The van der Waals surface area contributed by atoms with Crippen LogP contribution in [0.5, 0.6) is 0 Å². The van der Waals surface area contributed by atoms with Crippen molar-refractivity contribution in [2.75, 3.05) is 13.7 Å². The molecule has 2 aromatic heterocycles. The highest BCUT2D eigenvalue weighted by Crippen LogP contribution is 2.22. The molecule has 28 heavy (non-hydrogen) atoms. The fourth-order valence-electron chi connectivity index (χ4n) is 2.41. The van der Waals surface area contributed by atoms with Gasteiger partial charge in [0.2, 0.25) is 10.0 Å². The van der Waals surface area contributed by atoms with Crippen LogP contribution in [0.4, 0.5) is 0 Å². The van der Waals surface area contributed by atoms with Crippen LogP contribution in [0.15, 0.2) is 52.4 Å². The van der Waals surface area contributed by atoms with E-state index in [-0.39, 0.29) is 17.4 Å². The summed E-state index contributed by atoms with van der Waals surface area (Å²) < 4.78 is 33.4. The minimum atomic E-state index is -3.59. The molecule has 3 rings (SSSR count). The molecule has 11 heteroatoms. The number of nitrogens with one attached hydrogen (secondary N) is 1. The number of nitrogens with zero attached hydrogens (tertiary/aromatic N) is 4. The second-order valence-electron chi connectivity index (χ2n) is 5.80. The zero-order chi connectivity index (χ0) is 20.1. The zero-order valence-electron chi connectivity index (χ0n) is 15.3. The number of esters is 1. The van der Waals surface area contributed by atoms with Crippen molar-refractivity contribution in [1.29, 1.82) is 0 Å². The minimum Gasteiger partial charge on any atom is -0.468 e. The third-order valence-corrected chi connectivity index (χ3v) is 6.31. The Morgan fingerprint density at radius 3 is 2.68 bits per heavy atom. The number of thioether (sulfide) groups is 1. The van der Waals surface area contributed by atoms with Gasteiger partial charge in [-0.05, 0) is 31.2 Å². The maximum absolute atomic E-state index is 12.3. The summed E-state index contributed by atoms with van der Waals surface area (Å²) >= 11 is 1.26. The number of rotatable bonds is 8. The molecule has 9 nitrogen and oxygen atoms in total. The van der Waals surface area contributed by atoms with Gasteiger partial charge in [0.1, 0.15) is 10.3 Å². The van der Waals surface area contributed by atoms with Gasteiger partial charge in [-0.15, -0.1) is 10.2 Å². The first-order chi connectivity index (χ1) is 13.4. The molecule has 1 aromatic carbocycles. The van der Waals surface area contributed by atoms with Crippen molar-refractivity contribution in [3.05, 3.63) is 48.3 Å². The molecule has 1 N–H and O–H groups in total. The van der Waals surface area contributed by atoms with Gasteiger partial charge < -0.3 is 4.74 Å². The molecule has 2 heterocycles. The van der Waals surface area contributed by atoms with Gasteiger partial charge in [0, 0.05) is 13.0 Å². The van der Waals surface area contributed by atoms with Gasteiger partial charge in [-0.25, -0.2) is 13.1 Å².